The van der Waals surface area contributed by atoms with Crippen molar-refractivity contribution in [3.05, 3.63) is 42.5 Å². The first-order valence-corrected chi connectivity index (χ1v) is 18.7. The lowest BCUT2D eigenvalue weighted by molar-refractivity contribution is -0.134. The van der Waals surface area contributed by atoms with Gasteiger partial charge in [-0.05, 0) is 69.0 Å². The summed E-state index contributed by atoms with van der Waals surface area (Å²) in [6.07, 6.45) is 22.4. The Bertz CT molecular complexity index is 879. The van der Waals surface area contributed by atoms with Gasteiger partial charge in [-0.15, -0.1) is 0 Å². The lowest BCUT2D eigenvalue weighted by atomic mass is 10.1. The van der Waals surface area contributed by atoms with Crippen LogP contribution >= 0.6 is 0 Å². The zero-order chi connectivity index (χ0) is 30.7. The van der Waals surface area contributed by atoms with Gasteiger partial charge >= 0.3 is 5.97 Å². The maximum Gasteiger partial charge on any atom is 0.311 e. The summed E-state index contributed by atoms with van der Waals surface area (Å²) in [6.45, 7) is 19.9. The van der Waals surface area contributed by atoms with Crippen molar-refractivity contribution in [1.29, 1.82) is 0 Å². The molecule has 0 saturated carbocycles. The fraction of sp³-hybridized carbons (Fsp3) is 0.694. The normalized spacial score (nSPS) is 12.5. The highest BCUT2D eigenvalue weighted by atomic mass is 28.4. The fourth-order valence-corrected chi connectivity index (χ4v) is 11.1. The lowest BCUT2D eigenvalue weighted by Gasteiger charge is -2.42. The third-order valence-corrected chi connectivity index (χ3v) is 13.8. The molecule has 0 aromatic heterocycles. The number of ether oxygens (including phenoxy) is 2. The van der Waals surface area contributed by atoms with Gasteiger partial charge in [0.25, 0.3) is 8.32 Å². The van der Waals surface area contributed by atoms with E-state index >= 15 is 0 Å². The van der Waals surface area contributed by atoms with E-state index in [0.717, 1.165) is 37.9 Å². The van der Waals surface area contributed by atoms with Crippen molar-refractivity contribution in [3.8, 4) is 17.2 Å². The minimum absolute atomic E-state index is 0.0174. The van der Waals surface area contributed by atoms with E-state index in [0.29, 0.717) is 34.5 Å². The van der Waals surface area contributed by atoms with Crippen LogP contribution in [0, 0.1) is 0 Å². The summed E-state index contributed by atoms with van der Waals surface area (Å²) in [5, 5.41) is 0. The van der Waals surface area contributed by atoms with Crippen molar-refractivity contribution >= 4 is 14.3 Å². The van der Waals surface area contributed by atoms with Gasteiger partial charge in [0.2, 0.25) is 0 Å². The smallest absolute Gasteiger partial charge is 0.311 e. The summed E-state index contributed by atoms with van der Waals surface area (Å²) in [4.78, 5) is 12.7. The van der Waals surface area contributed by atoms with Gasteiger partial charge in [0.1, 0.15) is 17.2 Å². The van der Waals surface area contributed by atoms with Gasteiger partial charge in [0.15, 0.2) is 0 Å². The van der Waals surface area contributed by atoms with Crippen LogP contribution in [0.5, 0.6) is 17.2 Å². The molecule has 0 spiro atoms. The first-order chi connectivity index (χ1) is 19.5. The highest BCUT2D eigenvalue weighted by molar-refractivity contribution is 6.78. The second-order valence-corrected chi connectivity index (χ2v) is 18.1. The van der Waals surface area contributed by atoms with Gasteiger partial charge in [0, 0.05) is 24.6 Å². The van der Waals surface area contributed by atoms with E-state index in [4.69, 9.17) is 13.9 Å². The van der Waals surface area contributed by atoms with E-state index in [1.165, 1.54) is 38.5 Å². The third-order valence-electron chi connectivity index (χ3n) is 7.79. The van der Waals surface area contributed by atoms with Gasteiger partial charge in [-0.1, -0.05) is 105 Å². The molecule has 0 radical (unpaired) electrons. The second-order valence-electron chi connectivity index (χ2n) is 12.7. The summed E-state index contributed by atoms with van der Waals surface area (Å²) in [6, 6.07) is 5.63. The van der Waals surface area contributed by atoms with Crippen molar-refractivity contribution in [2.24, 2.45) is 0 Å². The molecule has 0 fully saturated rings. The molecule has 0 aliphatic carbocycles. The molecule has 0 atom stereocenters. The Morgan fingerprint density at radius 3 is 1.76 bits per heavy atom. The fourth-order valence-electron chi connectivity index (χ4n) is 5.82. The van der Waals surface area contributed by atoms with Crippen LogP contribution in [-0.4, -0.2) is 20.4 Å². The number of carbonyl (C=O) groups excluding carboxylic acids is 1. The number of hydrogen-bond acceptors (Lipinski definition) is 4. The standard InChI is InChI=1S/C36H62O4Si/c1-10-11-12-13-14-15-16-17-18-19-20-21-22-23-24-25-36(37)39-34-26-33(38-29(2)3)27-35(28-34)40-41(30(4)5,31(6)7)32(8)9/h14-15,17-18,26-32H,10-13,16,19-25H2,1-9H3. The molecular weight excluding hydrogens is 524 g/mol. The van der Waals surface area contributed by atoms with Crippen LogP contribution in [0.15, 0.2) is 42.5 Å². The average Bonchev–Trinajstić information content (AvgIpc) is 2.88. The number of esters is 1. The van der Waals surface area contributed by atoms with Gasteiger partial charge in [-0.3, -0.25) is 4.79 Å². The lowest BCUT2D eigenvalue weighted by Crippen LogP contribution is -2.50. The van der Waals surface area contributed by atoms with Crippen LogP contribution < -0.4 is 13.9 Å². The van der Waals surface area contributed by atoms with E-state index in [1.54, 1.807) is 0 Å². The maximum absolute atomic E-state index is 12.7. The Kier molecular flexibility index (Phi) is 18.8. The number of hydrogen-bond donors (Lipinski definition) is 0. The minimum Gasteiger partial charge on any atom is -0.543 e. The van der Waals surface area contributed by atoms with Crippen LogP contribution in [0.2, 0.25) is 16.6 Å². The molecule has 1 aromatic carbocycles. The molecule has 1 rings (SSSR count). The van der Waals surface area contributed by atoms with Gasteiger partial charge in [-0.2, -0.15) is 0 Å². The highest BCUT2D eigenvalue weighted by Crippen LogP contribution is 2.44. The largest absolute Gasteiger partial charge is 0.543 e. The molecule has 0 aliphatic heterocycles. The molecule has 0 unspecified atom stereocenters. The Morgan fingerprint density at radius 1 is 0.683 bits per heavy atom. The minimum atomic E-state index is -2.15. The molecule has 1 aromatic rings. The summed E-state index contributed by atoms with van der Waals surface area (Å²) in [7, 11) is -2.15. The van der Waals surface area contributed by atoms with E-state index in [2.05, 4.69) is 72.8 Å². The average molecular weight is 587 g/mol. The zero-order valence-corrected chi connectivity index (χ0v) is 29.0. The van der Waals surface area contributed by atoms with Gasteiger partial charge in [-0.25, -0.2) is 0 Å². The first kappa shape index (κ1) is 37.0. The van der Waals surface area contributed by atoms with Crippen molar-refractivity contribution in [2.45, 2.75) is 162 Å². The SMILES string of the molecule is CCCCCC=CCC=CCCCCCCCC(=O)Oc1cc(OC(C)C)cc(O[Si](C(C)C)(C(C)C)C(C)C)c1. The van der Waals surface area contributed by atoms with Crippen LogP contribution in [0.1, 0.15) is 139 Å². The topological polar surface area (TPSA) is 44.8 Å². The number of carbonyl (C=O) groups is 1. The quantitative estimate of drug-likeness (QED) is 0.0445. The summed E-state index contributed by atoms with van der Waals surface area (Å²) in [5.41, 5.74) is 1.34. The van der Waals surface area contributed by atoms with Gasteiger partial charge < -0.3 is 13.9 Å². The predicted octanol–water partition coefficient (Wildman–Crippen LogP) is 11.7. The molecule has 0 saturated heterocycles. The van der Waals surface area contributed by atoms with Crippen LogP contribution in [0.4, 0.5) is 0 Å². The van der Waals surface area contributed by atoms with Crippen LogP contribution in [0.3, 0.4) is 0 Å². The molecule has 5 heteroatoms. The third kappa shape index (κ3) is 14.6. The number of unbranched alkanes of at least 4 members (excludes halogenated alkanes) is 8. The monoisotopic (exact) mass is 586 g/mol. The molecule has 0 N–H and O–H groups in total. The van der Waals surface area contributed by atoms with Crippen molar-refractivity contribution < 1.29 is 18.7 Å². The second kappa shape index (κ2) is 20.8. The van der Waals surface area contributed by atoms with E-state index < -0.39 is 8.32 Å². The van der Waals surface area contributed by atoms with Crippen molar-refractivity contribution in [2.75, 3.05) is 0 Å². The molecule has 234 valence electrons. The Hall–Kier alpha value is -2.01. The Morgan fingerprint density at radius 2 is 1.20 bits per heavy atom. The molecular formula is C36H62O4Si. The molecule has 0 heterocycles. The first-order valence-electron chi connectivity index (χ1n) is 16.5. The summed E-state index contributed by atoms with van der Waals surface area (Å²) >= 11 is 0. The number of benzene rings is 1. The van der Waals surface area contributed by atoms with Crippen LogP contribution in [0.25, 0.3) is 0 Å². The molecule has 4 nitrogen and oxygen atoms in total. The molecule has 41 heavy (non-hydrogen) atoms. The van der Waals surface area contributed by atoms with E-state index in [-0.39, 0.29) is 12.1 Å². The van der Waals surface area contributed by atoms with E-state index in [1.807, 2.05) is 32.0 Å². The predicted molar refractivity (Wildman–Crippen MR) is 179 cm³/mol. The zero-order valence-electron chi connectivity index (χ0n) is 28.0. The summed E-state index contributed by atoms with van der Waals surface area (Å²) in [5.74, 6) is 1.73. The molecule has 0 bridgehead atoms. The maximum atomic E-state index is 12.7. The van der Waals surface area contributed by atoms with Crippen molar-refractivity contribution in [1.82, 2.24) is 0 Å². The molecule has 0 aliphatic rings. The summed E-state index contributed by atoms with van der Waals surface area (Å²) < 4.78 is 18.7. The van der Waals surface area contributed by atoms with Crippen molar-refractivity contribution in [3.63, 3.8) is 0 Å². The highest BCUT2D eigenvalue weighted by Gasteiger charge is 2.47. The Labute approximate surface area is 254 Å². The van der Waals surface area contributed by atoms with Gasteiger partial charge in [0.05, 0.1) is 6.10 Å². The number of allylic oxidation sites excluding steroid dienone is 4. The van der Waals surface area contributed by atoms with E-state index in [9.17, 15) is 4.79 Å². The van der Waals surface area contributed by atoms with Crippen LogP contribution in [-0.2, 0) is 4.79 Å². The Balaban J connectivity index is 2.54. The number of rotatable bonds is 22. The molecule has 0 amide bonds.